The van der Waals surface area contributed by atoms with E-state index in [4.69, 9.17) is 5.73 Å². The van der Waals surface area contributed by atoms with Crippen LogP contribution in [0.25, 0.3) is 0 Å². The predicted molar refractivity (Wildman–Crippen MR) is 81.1 cm³/mol. The van der Waals surface area contributed by atoms with Gasteiger partial charge in [0.2, 0.25) is 0 Å². The highest BCUT2D eigenvalue weighted by Gasteiger charge is 2.55. The molecular weight excluding hydrogens is 230 g/mol. The van der Waals surface area contributed by atoms with Crippen molar-refractivity contribution in [3.05, 3.63) is 35.4 Å². The molecule has 1 saturated carbocycles. The van der Waals surface area contributed by atoms with Crippen molar-refractivity contribution in [3.63, 3.8) is 0 Å². The van der Waals surface area contributed by atoms with Gasteiger partial charge in [-0.15, -0.1) is 0 Å². The molecule has 104 valence electrons. The van der Waals surface area contributed by atoms with E-state index in [2.05, 4.69) is 38.1 Å². The molecule has 2 N–H and O–H groups in total. The predicted octanol–water partition coefficient (Wildman–Crippen LogP) is 4.12. The highest BCUT2D eigenvalue weighted by molar-refractivity contribution is 5.39. The summed E-state index contributed by atoms with van der Waals surface area (Å²) in [6.07, 6.45) is 6.46. The van der Waals surface area contributed by atoms with Crippen LogP contribution < -0.4 is 5.73 Å². The van der Waals surface area contributed by atoms with Crippen molar-refractivity contribution in [3.8, 4) is 0 Å². The van der Waals surface area contributed by atoms with Crippen LogP contribution in [0.3, 0.4) is 0 Å². The van der Waals surface area contributed by atoms with Crippen molar-refractivity contribution in [1.29, 1.82) is 0 Å². The molecule has 1 aromatic rings. The van der Waals surface area contributed by atoms with E-state index in [9.17, 15) is 0 Å². The number of nitrogens with two attached hydrogens (primary N) is 1. The van der Waals surface area contributed by atoms with Gasteiger partial charge in [0.25, 0.3) is 0 Å². The van der Waals surface area contributed by atoms with Gasteiger partial charge in [-0.25, -0.2) is 0 Å². The van der Waals surface area contributed by atoms with E-state index in [1.165, 1.54) is 32.1 Å². The lowest BCUT2D eigenvalue weighted by atomic mass is 9.91. The Morgan fingerprint density at radius 2 is 2.11 bits per heavy atom. The minimum Gasteiger partial charge on any atom is -0.327 e. The largest absolute Gasteiger partial charge is 0.327 e. The van der Waals surface area contributed by atoms with E-state index < -0.39 is 0 Å². The first-order valence-electron chi connectivity index (χ1n) is 8.05. The molecule has 1 heteroatoms. The Morgan fingerprint density at radius 1 is 1.32 bits per heavy atom. The Bertz CT molecular complexity index is 439. The normalized spacial score (nSPS) is 31.2. The first-order valence-corrected chi connectivity index (χ1v) is 8.05. The van der Waals surface area contributed by atoms with Gasteiger partial charge in [0.1, 0.15) is 0 Å². The minimum atomic E-state index is 0.419. The van der Waals surface area contributed by atoms with Gasteiger partial charge in [-0.2, -0.15) is 0 Å². The molecule has 1 fully saturated rings. The number of benzene rings is 1. The summed E-state index contributed by atoms with van der Waals surface area (Å²) < 4.78 is 0. The third kappa shape index (κ3) is 2.45. The molecule has 1 nitrogen and oxygen atoms in total. The molecule has 2 aliphatic rings. The van der Waals surface area contributed by atoms with Crippen LogP contribution in [0.15, 0.2) is 24.3 Å². The first-order chi connectivity index (χ1) is 9.22. The molecule has 0 bridgehead atoms. The topological polar surface area (TPSA) is 26.0 Å². The van der Waals surface area contributed by atoms with Crippen molar-refractivity contribution in [2.75, 3.05) is 0 Å². The maximum Gasteiger partial charge on any atom is 0.00785 e. The fourth-order valence-electron chi connectivity index (χ4n) is 4.44. The van der Waals surface area contributed by atoms with Crippen molar-refractivity contribution in [1.82, 2.24) is 0 Å². The van der Waals surface area contributed by atoms with Gasteiger partial charge in [0.15, 0.2) is 0 Å². The van der Waals surface area contributed by atoms with E-state index in [0.29, 0.717) is 6.04 Å². The molecule has 0 aromatic heterocycles. The summed E-state index contributed by atoms with van der Waals surface area (Å²) >= 11 is 0. The van der Waals surface area contributed by atoms with Gasteiger partial charge in [-0.1, -0.05) is 51.0 Å². The Hall–Kier alpha value is -0.820. The summed E-state index contributed by atoms with van der Waals surface area (Å²) in [6, 6.07) is 9.45. The molecule has 0 heterocycles. The maximum absolute atomic E-state index is 6.53. The average molecular weight is 257 g/mol. The fourth-order valence-corrected chi connectivity index (χ4v) is 4.44. The molecule has 19 heavy (non-hydrogen) atoms. The van der Waals surface area contributed by atoms with E-state index in [0.717, 1.165) is 23.7 Å². The zero-order valence-electron chi connectivity index (χ0n) is 12.3. The average Bonchev–Trinajstić information content (AvgIpc) is 3.13. The smallest absolute Gasteiger partial charge is 0.00785 e. The van der Waals surface area contributed by atoms with Crippen LogP contribution in [-0.2, 0) is 6.42 Å². The van der Waals surface area contributed by atoms with Crippen LogP contribution in [0.5, 0.6) is 0 Å². The van der Waals surface area contributed by atoms with Crippen molar-refractivity contribution >= 4 is 0 Å². The van der Waals surface area contributed by atoms with E-state index in [-0.39, 0.29) is 0 Å². The molecule has 0 amide bonds. The van der Waals surface area contributed by atoms with Gasteiger partial charge in [0, 0.05) is 6.04 Å². The lowest BCUT2D eigenvalue weighted by molar-refractivity contribution is 0.395. The molecule has 0 saturated heterocycles. The van der Waals surface area contributed by atoms with Gasteiger partial charge < -0.3 is 5.73 Å². The standard InChI is InChI=1S/C18H27N/c1-3-6-12(2)11-16(19)18-15-10-9-13-7-4-5-8-14(13)17(15)18/h4-5,7-8,12,15-18H,3,6,9-11,19H2,1-2H3. The second kappa shape index (κ2) is 5.28. The number of aryl methyl sites for hydroxylation is 1. The van der Waals surface area contributed by atoms with Gasteiger partial charge in [-0.3, -0.25) is 0 Å². The monoisotopic (exact) mass is 257 g/mol. The summed E-state index contributed by atoms with van der Waals surface area (Å²) in [5.74, 6) is 3.23. The van der Waals surface area contributed by atoms with Crippen LogP contribution in [0, 0.1) is 17.8 Å². The molecule has 0 spiro atoms. The van der Waals surface area contributed by atoms with E-state index in [1.807, 2.05) is 0 Å². The number of hydrogen-bond acceptors (Lipinski definition) is 1. The number of rotatable bonds is 5. The maximum atomic E-state index is 6.53. The summed E-state index contributed by atoms with van der Waals surface area (Å²) in [5.41, 5.74) is 9.72. The molecule has 2 aliphatic carbocycles. The lowest BCUT2D eigenvalue weighted by Gasteiger charge is -2.17. The molecule has 3 rings (SSSR count). The molecule has 1 aromatic carbocycles. The Labute approximate surface area is 117 Å². The quantitative estimate of drug-likeness (QED) is 0.844. The van der Waals surface area contributed by atoms with Crippen LogP contribution in [0.4, 0.5) is 0 Å². The van der Waals surface area contributed by atoms with Crippen LogP contribution >= 0.6 is 0 Å². The Kier molecular flexibility index (Phi) is 3.66. The third-order valence-electron chi connectivity index (χ3n) is 5.34. The highest BCUT2D eigenvalue weighted by Crippen LogP contribution is 2.61. The van der Waals surface area contributed by atoms with Crippen LogP contribution in [-0.4, -0.2) is 6.04 Å². The third-order valence-corrected chi connectivity index (χ3v) is 5.34. The first kappa shape index (κ1) is 13.2. The zero-order chi connectivity index (χ0) is 13.4. The van der Waals surface area contributed by atoms with Gasteiger partial charge in [0.05, 0.1) is 0 Å². The molecule has 5 unspecified atom stereocenters. The van der Waals surface area contributed by atoms with Crippen molar-refractivity contribution in [2.24, 2.45) is 23.5 Å². The van der Waals surface area contributed by atoms with Crippen LogP contribution in [0.2, 0.25) is 0 Å². The SMILES string of the molecule is CCCC(C)CC(N)C1C2CCc3ccccc3C21. The van der Waals surface area contributed by atoms with Gasteiger partial charge >= 0.3 is 0 Å². The highest BCUT2D eigenvalue weighted by atomic mass is 14.7. The number of fused-ring (bicyclic) bond motifs is 3. The molecular formula is C18H27N. The second-order valence-corrected chi connectivity index (χ2v) is 6.80. The van der Waals surface area contributed by atoms with E-state index in [1.54, 1.807) is 11.1 Å². The lowest BCUT2D eigenvalue weighted by Crippen LogP contribution is -2.26. The molecule has 5 atom stereocenters. The summed E-state index contributed by atoms with van der Waals surface area (Å²) in [7, 11) is 0. The van der Waals surface area contributed by atoms with Crippen molar-refractivity contribution < 1.29 is 0 Å². The summed E-state index contributed by atoms with van der Waals surface area (Å²) in [6.45, 7) is 4.64. The van der Waals surface area contributed by atoms with E-state index >= 15 is 0 Å². The van der Waals surface area contributed by atoms with Crippen molar-refractivity contribution in [2.45, 2.75) is 57.9 Å². The second-order valence-electron chi connectivity index (χ2n) is 6.80. The fraction of sp³-hybridized carbons (Fsp3) is 0.667. The van der Waals surface area contributed by atoms with Crippen LogP contribution in [0.1, 0.15) is 56.6 Å². The minimum absolute atomic E-state index is 0.419. The van der Waals surface area contributed by atoms with Gasteiger partial charge in [-0.05, 0) is 54.1 Å². The Morgan fingerprint density at radius 3 is 2.89 bits per heavy atom. The molecule has 0 aliphatic heterocycles. The zero-order valence-corrected chi connectivity index (χ0v) is 12.3. The molecule has 0 radical (unpaired) electrons. The summed E-state index contributed by atoms with van der Waals surface area (Å²) in [4.78, 5) is 0. The number of hydrogen-bond donors (Lipinski definition) is 1. The summed E-state index contributed by atoms with van der Waals surface area (Å²) in [5, 5.41) is 0. The Balaban J connectivity index is 1.67.